The number of fused-ring (bicyclic) bond motifs is 3. The minimum atomic E-state index is -3.75. The predicted molar refractivity (Wildman–Crippen MR) is 146 cm³/mol. The molecule has 2 N–H and O–H groups in total. The van der Waals surface area contributed by atoms with E-state index in [9.17, 15) is 8.42 Å². The normalized spacial score (nSPS) is 20.0. The van der Waals surface area contributed by atoms with E-state index in [1.807, 2.05) is 44.2 Å². The quantitative estimate of drug-likeness (QED) is 0.374. The third kappa shape index (κ3) is 4.50. The summed E-state index contributed by atoms with van der Waals surface area (Å²) >= 11 is 0. The van der Waals surface area contributed by atoms with Crippen LogP contribution in [0.5, 0.6) is 17.2 Å². The largest absolute Gasteiger partial charge is 0.493 e. The molecule has 0 amide bonds. The third-order valence-corrected chi connectivity index (χ3v) is 8.83. The van der Waals surface area contributed by atoms with Crippen molar-refractivity contribution in [2.75, 3.05) is 31.4 Å². The molecule has 7 nitrogen and oxygen atoms in total. The summed E-state index contributed by atoms with van der Waals surface area (Å²) in [7, 11) is 1.06. The summed E-state index contributed by atoms with van der Waals surface area (Å²) in [5, 5.41) is 3.66. The van der Waals surface area contributed by atoms with Gasteiger partial charge in [0.2, 0.25) is 5.75 Å². The lowest BCUT2D eigenvalue weighted by Crippen LogP contribution is -2.29. The molecule has 0 aromatic heterocycles. The van der Waals surface area contributed by atoms with Gasteiger partial charge in [-0.2, -0.15) is 0 Å². The summed E-state index contributed by atoms with van der Waals surface area (Å²) in [4.78, 5) is 0.247. The van der Waals surface area contributed by atoms with Gasteiger partial charge < -0.3 is 19.5 Å². The third-order valence-electron chi connectivity index (χ3n) is 7.45. The van der Waals surface area contributed by atoms with E-state index in [1.165, 1.54) is 0 Å². The van der Waals surface area contributed by atoms with E-state index >= 15 is 0 Å². The van der Waals surface area contributed by atoms with Crippen LogP contribution in [0.25, 0.3) is 0 Å². The zero-order valence-electron chi connectivity index (χ0n) is 21.7. The topological polar surface area (TPSA) is 85.9 Å². The lowest BCUT2D eigenvalue weighted by Gasteiger charge is -2.38. The van der Waals surface area contributed by atoms with Gasteiger partial charge in [-0.1, -0.05) is 18.2 Å². The fourth-order valence-electron chi connectivity index (χ4n) is 5.37. The number of ether oxygens (including phenoxy) is 3. The molecule has 3 aromatic carbocycles. The Kier molecular flexibility index (Phi) is 6.54. The summed E-state index contributed by atoms with van der Waals surface area (Å²) in [5.74, 6) is 2.05. The molecule has 1 aliphatic heterocycles. The van der Waals surface area contributed by atoms with Gasteiger partial charge in [-0.05, 0) is 90.9 Å². The molecule has 0 saturated heterocycles. The first-order valence-corrected chi connectivity index (χ1v) is 13.7. The molecule has 3 aromatic rings. The maximum absolute atomic E-state index is 13.3. The van der Waals surface area contributed by atoms with E-state index < -0.39 is 10.0 Å². The number of aryl methyl sites for hydroxylation is 2. The summed E-state index contributed by atoms with van der Waals surface area (Å²) in [6.07, 6.45) is 5.23. The molecule has 0 unspecified atom stereocenters. The zero-order chi connectivity index (χ0) is 26.3. The Hall–Kier alpha value is -3.65. The fraction of sp³-hybridized carbons (Fsp3) is 0.310. The van der Waals surface area contributed by atoms with Crippen molar-refractivity contribution in [2.45, 2.75) is 37.1 Å². The van der Waals surface area contributed by atoms with Crippen molar-refractivity contribution in [3.8, 4) is 17.2 Å². The lowest BCUT2D eigenvalue weighted by molar-refractivity contribution is 0.322. The summed E-state index contributed by atoms with van der Waals surface area (Å²) < 4.78 is 45.9. The van der Waals surface area contributed by atoms with Crippen LogP contribution in [-0.4, -0.2) is 29.7 Å². The molecule has 2 aliphatic rings. The van der Waals surface area contributed by atoms with Crippen molar-refractivity contribution < 1.29 is 22.6 Å². The molecular weight excluding hydrogens is 488 g/mol. The number of benzene rings is 3. The van der Waals surface area contributed by atoms with Gasteiger partial charge in [0.15, 0.2) is 11.5 Å². The van der Waals surface area contributed by atoms with E-state index in [0.29, 0.717) is 22.9 Å². The van der Waals surface area contributed by atoms with E-state index in [-0.39, 0.29) is 22.8 Å². The van der Waals surface area contributed by atoms with Gasteiger partial charge in [0.1, 0.15) is 0 Å². The summed E-state index contributed by atoms with van der Waals surface area (Å²) in [6.45, 7) is 3.97. The molecule has 1 heterocycles. The van der Waals surface area contributed by atoms with Gasteiger partial charge in [0.25, 0.3) is 10.0 Å². The van der Waals surface area contributed by atoms with Gasteiger partial charge >= 0.3 is 0 Å². The van der Waals surface area contributed by atoms with Crippen molar-refractivity contribution in [3.63, 3.8) is 0 Å². The van der Waals surface area contributed by atoms with Crippen LogP contribution in [0.1, 0.15) is 40.6 Å². The number of hydrogen-bond acceptors (Lipinski definition) is 6. The number of sulfonamides is 1. The first-order chi connectivity index (χ1) is 17.7. The number of methoxy groups -OCH3 is 3. The van der Waals surface area contributed by atoms with Crippen LogP contribution in [0.15, 0.2) is 65.6 Å². The molecule has 194 valence electrons. The molecule has 37 heavy (non-hydrogen) atoms. The second-order valence-electron chi connectivity index (χ2n) is 9.59. The standard InChI is InChI=1S/C29H32N2O5S/c1-17-9-10-20(13-18(17)2)31-37(32,33)21-11-12-25-24(16-21)22-7-6-8-23(22)28(30-25)19-14-26(34-3)29(36-5)27(15-19)35-4/h6-7,9-16,22-23,28,30-31H,8H2,1-5H3/t22-,23+,28-/m0/s1. The van der Waals surface area contributed by atoms with Gasteiger partial charge in [0.05, 0.1) is 32.3 Å². The maximum atomic E-state index is 13.3. The average molecular weight is 521 g/mol. The Balaban J connectivity index is 1.50. The van der Waals surface area contributed by atoms with E-state index in [4.69, 9.17) is 14.2 Å². The highest BCUT2D eigenvalue weighted by Gasteiger charge is 2.39. The Morgan fingerprint density at radius 3 is 2.27 bits per heavy atom. The van der Waals surface area contributed by atoms with Crippen molar-refractivity contribution in [1.82, 2.24) is 0 Å². The molecule has 0 saturated carbocycles. The predicted octanol–water partition coefficient (Wildman–Crippen LogP) is 5.96. The van der Waals surface area contributed by atoms with Crippen LogP contribution >= 0.6 is 0 Å². The van der Waals surface area contributed by atoms with Crippen LogP contribution in [0, 0.1) is 19.8 Å². The number of nitrogens with one attached hydrogen (secondary N) is 2. The molecule has 1 aliphatic carbocycles. The lowest BCUT2D eigenvalue weighted by atomic mass is 9.77. The van der Waals surface area contributed by atoms with Crippen molar-refractivity contribution in [3.05, 3.63) is 82.9 Å². The first-order valence-electron chi connectivity index (χ1n) is 12.2. The highest BCUT2D eigenvalue weighted by atomic mass is 32.2. The van der Waals surface area contributed by atoms with E-state index in [1.54, 1.807) is 39.5 Å². The van der Waals surface area contributed by atoms with Crippen molar-refractivity contribution in [1.29, 1.82) is 0 Å². The second kappa shape index (κ2) is 9.67. The Morgan fingerprint density at radius 2 is 1.62 bits per heavy atom. The second-order valence-corrected chi connectivity index (χ2v) is 11.3. The first kappa shape index (κ1) is 25.0. The number of anilines is 2. The SMILES string of the molecule is COc1cc([C@@H]2Nc3ccc(S(=O)(=O)Nc4ccc(C)c(C)c4)cc3[C@H]3C=CC[C@H]32)cc(OC)c1OC. The molecule has 5 rings (SSSR count). The molecule has 0 bridgehead atoms. The highest BCUT2D eigenvalue weighted by molar-refractivity contribution is 7.92. The molecule has 0 fully saturated rings. The molecule has 8 heteroatoms. The monoisotopic (exact) mass is 520 g/mol. The van der Waals surface area contributed by atoms with Crippen LogP contribution in [0.4, 0.5) is 11.4 Å². The van der Waals surface area contributed by atoms with Gasteiger partial charge in [-0.15, -0.1) is 0 Å². The summed E-state index contributed by atoms with van der Waals surface area (Å²) in [6, 6.07) is 14.8. The van der Waals surface area contributed by atoms with Gasteiger partial charge in [0, 0.05) is 17.3 Å². The van der Waals surface area contributed by atoms with E-state index in [2.05, 4.69) is 22.2 Å². The number of rotatable bonds is 7. The minimum absolute atomic E-state index is 0.0164. The highest BCUT2D eigenvalue weighted by Crippen LogP contribution is 2.52. The Bertz CT molecular complexity index is 1460. The molecular formula is C29H32N2O5S. The van der Waals surface area contributed by atoms with Crippen LogP contribution < -0.4 is 24.2 Å². The molecule has 0 radical (unpaired) electrons. The van der Waals surface area contributed by atoms with E-state index in [0.717, 1.165) is 34.4 Å². The number of hydrogen-bond donors (Lipinski definition) is 2. The van der Waals surface area contributed by atoms with Crippen LogP contribution in [0.3, 0.4) is 0 Å². The smallest absolute Gasteiger partial charge is 0.261 e. The van der Waals surface area contributed by atoms with Crippen molar-refractivity contribution >= 4 is 21.4 Å². The zero-order valence-corrected chi connectivity index (χ0v) is 22.5. The fourth-order valence-corrected chi connectivity index (χ4v) is 6.45. The van der Waals surface area contributed by atoms with Gasteiger partial charge in [-0.25, -0.2) is 8.42 Å². The summed E-state index contributed by atoms with van der Waals surface area (Å²) in [5.41, 5.74) is 5.62. The molecule has 3 atom stereocenters. The molecule has 0 spiro atoms. The average Bonchev–Trinajstić information content (AvgIpc) is 3.39. The Labute approximate surface area is 218 Å². The van der Waals surface area contributed by atoms with Crippen LogP contribution in [0.2, 0.25) is 0 Å². The number of allylic oxidation sites excluding steroid dienone is 2. The Morgan fingerprint density at radius 1 is 0.892 bits per heavy atom. The maximum Gasteiger partial charge on any atom is 0.261 e. The van der Waals surface area contributed by atoms with Gasteiger partial charge in [-0.3, -0.25) is 4.72 Å². The van der Waals surface area contributed by atoms with Crippen molar-refractivity contribution in [2.24, 2.45) is 5.92 Å². The minimum Gasteiger partial charge on any atom is -0.493 e. The van der Waals surface area contributed by atoms with Crippen LogP contribution in [-0.2, 0) is 10.0 Å².